The third-order valence-corrected chi connectivity index (χ3v) is 5.24. The number of hydrogen-bond acceptors (Lipinski definition) is 6. The molecule has 148 valence electrons. The third-order valence-electron chi connectivity index (χ3n) is 4.03. The van der Waals surface area contributed by atoms with E-state index in [1.807, 2.05) is 6.07 Å². The SMILES string of the molecule is COCCn1c(SCC(=O)Nc2ccc(C#N)cc2)nc2cc(Cl)ccc2c1=O. The van der Waals surface area contributed by atoms with Crippen molar-refractivity contribution in [3.05, 3.63) is 63.4 Å². The molecule has 1 heterocycles. The van der Waals surface area contributed by atoms with Gasteiger partial charge in [-0.1, -0.05) is 23.4 Å². The maximum absolute atomic E-state index is 12.8. The fourth-order valence-electron chi connectivity index (χ4n) is 2.62. The van der Waals surface area contributed by atoms with E-state index in [0.29, 0.717) is 45.5 Å². The van der Waals surface area contributed by atoms with E-state index in [2.05, 4.69) is 10.3 Å². The smallest absolute Gasteiger partial charge is 0.262 e. The summed E-state index contributed by atoms with van der Waals surface area (Å²) < 4.78 is 6.59. The molecule has 2 aromatic carbocycles. The number of carbonyl (C=O) groups is 1. The zero-order valence-corrected chi connectivity index (χ0v) is 17.1. The number of nitriles is 1. The molecule has 0 saturated carbocycles. The predicted molar refractivity (Wildman–Crippen MR) is 113 cm³/mol. The van der Waals surface area contributed by atoms with Crippen molar-refractivity contribution in [1.82, 2.24) is 9.55 Å². The number of benzene rings is 2. The van der Waals surface area contributed by atoms with Crippen LogP contribution in [0.4, 0.5) is 5.69 Å². The van der Waals surface area contributed by atoms with Crippen molar-refractivity contribution in [3.63, 3.8) is 0 Å². The van der Waals surface area contributed by atoms with E-state index in [1.165, 1.54) is 4.57 Å². The van der Waals surface area contributed by atoms with Gasteiger partial charge in [-0.25, -0.2) is 4.98 Å². The van der Waals surface area contributed by atoms with Crippen LogP contribution in [0.25, 0.3) is 10.9 Å². The Balaban J connectivity index is 1.80. The number of nitrogens with zero attached hydrogens (tertiary/aromatic N) is 3. The molecule has 0 saturated heterocycles. The van der Waals surface area contributed by atoms with E-state index in [0.717, 1.165) is 11.8 Å². The van der Waals surface area contributed by atoms with Crippen molar-refractivity contribution >= 4 is 45.9 Å². The summed E-state index contributed by atoms with van der Waals surface area (Å²) in [7, 11) is 1.55. The van der Waals surface area contributed by atoms with E-state index in [4.69, 9.17) is 21.6 Å². The van der Waals surface area contributed by atoms with Gasteiger partial charge in [0.2, 0.25) is 5.91 Å². The first kappa shape index (κ1) is 20.9. The molecule has 1 amide bonds. The van der Waals surface area contributed by atoms with Gasteiger partial charge in [-0.3, -0.25) is 14.2 Å². The monoisotopic (exact) mass is 428 g/mol. The summed E-state index contributed by atoms with van der Waals surface area (Å²) in [5, 5.41) is 12.9. The fraction of sp³-hybridized carbons (Fsp3) is 0.200. The van der Waals surface area contributed by atoms with E-state index in [1.54, 1.807) is 49.6 Å². The molecule has 3 aromatic rings. The van der Waals surface area contributed by atoms with Gasteiger partial charge in [-0.2, -0.15) is 5.26 Å². The van der Waals surface area contributed by atoms with E-state index in [9.17, 15) is 9.59 Å². The average Bonchev–Trinajstić information content (AvgIpc) is 2.72. The van der Waals surface area contributed by atoms with Crippen LogP contribution in [0, 0.1) is 11.3 Å². The van der Waals surface area contributed by atoms with Crippen LogP contribution in [0.1, 0.15) is 5.56 Å². The molecule has 0 aliphatic heterocycles. The first-order chi connectivity index (χ1) is 14.0. The molecule has 7 nitrogen and oxygen atoms in total. The Morgan fingerprint density at radius 2 is 2.07 bits per heavy atom. The summed E-state index contributed by atoms with van der Waals surface area (Å²) >= 11 is 7.18. The molecule has 9 heteroatoms. The number of halogens is 1. The largest absolute Gasteiger partial charge is 0.383 e. The van der Waals surface area contributed by atoms with Crippen LogP contribution < -0.4 is 10.9 Å². The number of hydrogen-bond donors (Lipinski definition) is 1. The summed E-state index contributed by atoms with van der Waals surface area (Å²) in [5.74, 6) is -0.190. The Morgan fingerprint density at radius 3 is 2.76 bits per heavy atom. The lowest BCUT2D eigenvalue weighted by molar-refractivity contribution is -0.113. The molecule has 0 aliphatic rings. The molecule has 29 heavy (non-hydrogen) atoms. The molecule has 0 aliphatic carbocycles. The number of rotatable bonds is 7. The highest BCUT2D eigenvalue weighted by Gasteiger charge is 2.14. The number of amides is 1. The molecule has 1 aromatic heterocycles. The molecule has 0 fully saturated rings. The minimum Gasteiger partial charge on any atom is -0.383 e. The zero-order valence-electron chi connectivity index (χ0n) is 15.5. The highest BCUT2D eigenvalue weighted by Crippen LogP contribution is 2.21. The highest BCUT2D eigenvalue weighted by molar-refractivity contribution is 7.99. The van der Waals surface area contributed by atoms with Crippen molar-refractivity contribution in [2.75, 3.05) is 24.8 Å². The predicted octanol–water partition coefficient (Wildman–Crippen LogP) is 3.30. The van der Waals surface area contributed by atoms with Gasteiger partial charge >= 0.3 is 0 Å². The number of anilines is 1. The number of methoxy groups -OCH3 is 1. The number of nitrogens with one attached hydrogen (secondary N) is 1. The molecule has 0 atom stereocenters. The Morgan fingerprint density at radius 1 is 1.31 bits per heavy atom. The van der Waals surface area contributed by atoms with E-state index >= 15 is 0 Å². The Bertz CT molecular complexity index is 1140. The van der Waals surface area contributed by atoms with Gasteiger partial charge in [0, 0.05) is 17.8 Å². The van der Waals surface area contributed by atoms with Gasteiger partial charge in [-0.15, -0.1) is 0 Å². The maximum atomic E-state index is 12.8. The molecular weight excluding hydrogens is 412 g/mol. The van der Waals surface area contributed by atoms with Gasteiger partial charge in [-0.05, 0) is 42.5 Å². The topological polar surface area (TPSA) is 97.0 Å². The highest BCUT2D eigenvalue weighted by atomic mass is 35.5. The van der Waals surface area contributed by atoms with Gasteiger partial charge in [0.1, 0.15) is 0 Å². The molecule has 3 rings (SSSR count). The molecule has 0 unspecified atom stereocenters. The van der Waals surface area contributed by atoms with Crippen LogP contribution in [0.3, 0.4) is 0 Å². The maximum Gasteiger partial charge on any atom is 0.262 e. The first-order valence-corrected chi connectivity index (χ1v) is 10.00. The average molecular weight is 429 g/mol. The van der Waals surface area contributed by atoms with Gasteiger partial charge in [0.05, 0.1) is 41.4 Å². The van der Waals surface area contributed by atoms with Gasteiger partial charge in [0.25, 0.3) is 5.56 Å². The normalized spacial score (nSPS) is 10.7. The number of fused-ring (bicyclic) bond motifs is 1. The Kier molecular flexibility index (Phi) is 6.88. The fourth-order valence-corrected chi connectivity index (χ4v) is 3.61. The number of thioether (sulfide) groups is 1. The summed E-state index contributed by atoms with van der Waals surface area (Å²) in [5.41, 5.74) is 1.37. The summed E-state index contributed by atoms with van der Waals surface area (Å²) in [6.07, 6.45) is 0. The summed E-state index contributed by atoms with van der Waals surface area (Å²) in [6, 6.07) is 13.5. The van der Waals surface area contributed by atoms with E-state index < -0.39 is 0 Å². The minimum absolute atomic E-state index is 0.0610. The lowest BCUT2D eigenvalue weighted by Crippen LogP contribution is -2.26. The van der Waals surface area contributed by atoms with Crippen LogP contribution in [-0.2, 0) is 16.1 Å². The van der Waals surface area contributed by atoms with Crippen LogP contribution >= 0.6 is 23.4 Å². The molecule has 1 N–H and O–H groups in total. The van der Waals surface area contributed by atoms with Gasteiger partial charge < -0.3 is 10.1 Å². The molecule has 0 spiro atoms. The standard InChI is InChI=1S/C20H17ClN4O3S/c1-28-9-8-25-19(27)16-7-4-14(21)10-17(16)24-20(25)29-12-18(26)23-15-5-2-13(11-22)3-6-15/h2-7,10H,8-9,12H2,1H3,(H,23,26). The van der Waals surface area contributed by atoms with Crippen LogP contribution in [0.15, 0.2) is 52.4 Å². The quantitative estimate of drug-likeness (QED) is 0.458. The third kappa shape index (κ3) is 5.15. The number of carbonyl (C=O) groups excluding carboxylic acids is 1. The molecule has 0 bridgehead atoms. The Hall–Kier alpha value is -2.86. The number of aromatic nitrogens is 2. The first-order valence-electron chi connectivity index (χ1n) is 8.63. The lowest BCUT2D eigenvalue weighted by atomic mass is 10.2. The molecular formula is C20H17ClN4O3S. The van der Waals surface area contributed by atoms with Crippen LogP contribution in [0.5, 0.6) is 0 Å². The second-order valence-corrected chi connectivity index (χ2v) is 7.41. The Labute approximate surface area is 176 Å². The van der Waals surface area contributed by atoms with Crippen LogP contribution in [-0.4, -0.2) is 34.9 Å². The lowest BCUT2D eigenvalue weighted by Gasteiger charge is -2.13. The zero-order chi connectivity index (χ0) is 20.8. The van der Waals surface area contributed by atoms with Crippen molar-refractivity contribution in [3.8, 4) is 6.07 Å². The summed E-state index contributed by atoms with van der Waals surface area (Å²) in [6.45, 7) is 0.659. The number of ether oxygens (including phenoxy) is 1. The van der Waals surface area contributed by atoms with E-state index in [-0.39, 0.29) is 17.2 Å². The van der Waals surface area contributed by atoms with Crippen LogP contribution in [0.2, 0.25) is 5.02 Å². The van der Waals surface area contributed by atoms with Crippen molar-refractivity contribution in [1.29, 1.82) is 5.26 Å². The van der Waals surface area contributed by atoms with Crippen molar-refractivity contribution in [2.45, 2.75) is 11.7 Å². The molecule has 0 radical (unpaired) electrons. The van der Waals surface area contributed by atoms with Crippen molar-refractivity contribution < 1.29 is 9.53 Å². The second kappa shape index (κ2) is 9.56. The van der Waals surface area contributed by atoms with Crippen molar-refractivity contribution in [2.24, 2.45) is 0 Å². The second-order valence-electron chi connectivity index (χ2n) is 6.03. The minimum atomic E-state index is -0.251. The van der Waals surface area contributed by atoms with Gasteiger partial charge in [0.15, 0.2) is 5.16 Å². The summed E-state index contributed by atoms with van der Waals surface area (Å²) in [4.78, 5) is 29.7.